The van der Waals surface area contributed by atoms with E-state index in [2.05, 4.69) is 29.2 Å². The summed E-state index contributed by atoms with van der Waals surface area (Å²) in [5.41, 5.74) is 2.06. The maximum Gasteiger partial charge on any atom is 0.152 e. The number of hydrogen-bond acceptors (Lipinski definition) is 3. The second kappa shape index (κ2) is 4.51. The molecule has 0 spiro atoms. The highest BCUT2D eigenvalue weighted by molar-refractivity contribution is 5.67. The third-order valence-corrected chi connectivity index (χ3v) is 2.83. The molecule has 0 aliphatic carbocycles. The van der Waals surface area contributed by atoms with Crippen molar-refractivity contribution < 1.29 is 0 Å². The van der Waals surface area contributed by atoms with Crippen molar-refractivity contribution in [3.8, 4) is 0 Å². The smallest absolute Gasteiger partial charge is 0.152 e. The van der Waals surface area contributed by atoms with Crippen molar-refractivity contribution in [2.75, 3.05) is 11.9 Å². The number of nitrogens with one attached hydrogen (secondary N) is 1. The van der Waals surface area contributed by atoms with Gasteiger partial charge >= 0.3 is 0 Å². The zero-order valence-electron chi connectivity index (χ0n) is 10.1. The molecule has 0 radical (unpaired) electrons. The van der Waals surface area contributed by atoms with Gasteiger partial charge in [-0.25, -0.2) is 9.50 Å². The van der Waals surface area contributed by atoms with Crippen molar-refractivity contribution in [3.63, 3.8) is 0 Å². The molecule has 0 aliphatic rings. The number of fused-ring (bicyclic) bond motifs is 1. The summed E-state index contributed by atoms with van der Waals surface area (Å²) in [6.45, 7) is 7.37. The molecular weight excluding hydrogens is 200 g/mol. The van der Waals surface area contributed by atoms with Crippen molar-refractivity contribution in [3.05, 3.63) is 24.2 Å². The van der Waals surface area contributed by atoms with Crippen LogP contribution in [0.1, 0.15) is 26.0 Å². The van der Waals surface area contributed by atoms with Crippen LogP contribution in [0.15, 0.2) is 18.5 Å². The van der Waals surface area contributed by atoms with Gasteiger partial charge in [0.05, 0.1) is 5.69 Å². The Morgan fingerprint density at radius 2 is 2.31 bits per heavy atom. The van der Waals surface area contributed by atoms with Crippen LogP contribution >= 0.6 is 0 Å². The maximum absolute atomic E-state index is 4.36. The Balaban J connectivity index is 2.23. The average Bonchev–Trinajstić information content (AvgIpc) is 2.66. The number of anilines is 1. The lowest BCUT2D eigenvalue weighted by Crippen LogP contribution is -2.12. The molecule has 1 N–H and O–H groups in total. The minimum absolute atomic E-state index is 0.658. The molecule has 4 nitrogen and oxygen atoms in total. The van der Waals surface area contributed by atoms with Crippen molar-refractivity contribution in [2.45, 2.75) is 27.2 Å². The molecule has 16 heavy (non-hydrogen) atoms. The molecule has 2 aromatic rings. The molecule has 0 aromatic carbocycles. The molecular formula is C12H18N4. The Morgan fingerprint density at radius 1 is 1.50 bits per heavy atom. The van der Waals surface area contributed by atoms with Crippen LogP contribution in [0.5, 0.6) is 0 Å². The summed E-state index contributed by atoms with van der Waals surface area (Å²) in [7, 11) is 0. The molecule has 2 rings (SSSR count). The van der Waals surface area contributed by atoms with Gasteiger partial charge in [0.15, 0.2) is 5.82 Å². The molecule has 0 aliphatic heterocycles. The number of aryl methyl sites for hydroxylation is 1. The molecule has 2 heterocycles. The van der Waals surface area contributed by atoms with E-state index in [0.717, 1.165) is 23.6 Å². The summed E-state index contributed by atoms with van der Waals surface area (Å²) in [4.78, 5) is 4.35. The summed E-state index contributed by atoms with van der Waals surface area (Å²) in [6.07, 6.45) is 4.82. The third-order valence-electron chi connectivity index (χ3n) is 2.83. The van der Waals surface area contributed by atoms with E-state index in [1.165, 1.54) is 6.42 Å². The number of rotatable bonds is 4. The van der Waals surface area contributed by atoms with Crippen LogP contribution < -0.4 is 5.32 Å². The highest BCUT2D eigenvalue weighted by Crippen LogP contribution is 2.15. The van der Waals surface area contributed by atoms with E-state index < -0.39 is 0 Å². The molecule has 0 fully saturated rings. The first-order valence-corrected chi connectivity index (χ1v) is 5.75. The first-order chi connectivity index (χ1) is 7.70. The maximum atomic E-state index is 4.36. The van der Waals surface area contributed by atoms with Gasteiger partial charge in [-0.1, -0.05) is 20.3 Å². The lowest BCUT2D eigenvalue weighted by Gasteiger charge is -2.11. The van der Waals surface area contributed by atoms with Crippen molar-refractivity contribution in [1.82, 2.24) is 14.6 Å². The van der Waals surface area contributed by atoms with Crippen molar-refractivity contribution in [1.29, 1.82) is 0 Å². The minimum Gasteiger partial charge on any atom is -0.368 e. The van der Waals surface area contributed by atoms with Gasteiger partial charge in [-0.2, -0.15) is 5.10 Å². The summed E-state index contributed by atoms with van der Waals surface area (Å²) in [6, 6.07) is 2.05. The summed E-state index contributed by atoms with van der Waals surface area (Å²) >= 11 is 0. The highest BCUT2D eigenvalue weighted by atomic mass is 15.2. The largest absolute Gasteiger partial charge is 0.368 e. The molecule has 1 unspecified atom stereocenters. The van der Waals surface area contributed by atoms with Gasteiger partial charge in [0.1, 0.15) is 5.52 Å². The van der Waals surface area contributed by atoms with E-state index in [1.807, 2.05) is 23.7 Å². The number of aromatic nitrogens is 3. The van der Waals surface area contributed by atoms with Gasteiger partial charge in [0, 0.05) is 18.9 Å². The van der Waals surface area contributed by atoms with Crippen molar-refractivity contribution in [2.24, 2.45) is 5.92 Å². The fourth-order valence-corrected chi connectivity index (χ4v) is 1.60. The van der Waals surface area contributed by atoms with Crippen LogP contribution in [0, 0.1) is 12.8 Å². The first-order valence-electron chi connectivity index (χ1n) is 5.75. The predicted octanol–water partition coefficient (Wildman–Crippen LogP) is 2.50. The number of hydrogen-bond donors (Lipinski definition) is 1. The Kier molecular flexibility index (Phi) is 3.08. The van der Waals surface area contributed by atoms with Gasteiger partial charge in [0.25, 0.3) is 0 Å². The quantitative estimate of drug-likeness (QED) is 0.857. The molecule has 0 saturated carbocycles. The highest BCUT2D eigenvalue weighted by Gasteiger charge is 2.05. The monoisotopic (exact) mass is 218 g/mol. The van der Waals surface area contributed by atoms with Crippen LogP contribution in [0.4, 0.5) is 5.82 Å². The number of nitrogens with zero attached hydrogens (tertiary/aromatic N) is 3. The van der Waals surface area contributed by atoms with Gasteiger partial charge in [-0.05, 0) is 18.9 Å². The standard InChI is InChI=1S/C12H18N4/c1-4-9(2)8-14-12-11-7-10(3)15-16(11)6-5-13-12/h5-7,9H,4,8H2,1-3H3,(H,13,14). The summed E-state index contributed by atoms with van der Waals surface area (Å²) in [5, 5.41) is 7.74. The normalized spacial score (nSPS) is 12.9. The van der Waals surface area contributed by atoms with E-state index in [1.54, 1.807) is 6.20 Å². The van der Waals surface area contributed by atoms with Gasteiger partial charge < -0.3 is 5.32 Å². The van der Waals surface area contributed by atoms with Crippen molar-refractivity contribution >= 4 is 11.3 Å². The Labute approximate surface area is 95.7 Å². The minimum atomic E-state index is 0.658. The van der Waals surface area contributed by atoms with Crippen LogP contribution in [-0.2, 0) is 0 Å². The third kappa shape index (κ3) is 2.15. The zero-order valence-corrected chi connectivity index (χ0v) is 10.1. The van der Waals surface area contributed by atoms with Crippen LogP contribution in [0.3, 0.4) is 0 Å². The lowest BCUT2D eigenvalue weighted by atomic mass is 10.1. The predicted molar refractivity (Wildman–Crippen MR) is 65.7 cm³/mol. The second-order valence-electron chi connectivity index (χ2n) is 4.29. The SMILES string of the molecule is CCC(C)CNc1nccn2nc(C)cc12. The topological polar surface area (TPSA) is 42.2 Å². The van der Waals surface area contributed by atoms with Gasteiger partial charge in [-0.3, -0.25) is 0 Å². The fraction of sp³-hybridized carbons (Fsp3) is 0.500. The van der Waals surface area contributed by atoms with E-state index in [-0.39, 0.29) is 0 Å². The molecule has 2 aromatic heterocycles. The molecule has 86 valence electrons. The van der Waals surface area contributed by atoms with Gasteiger partial charge in [-0.15, -0.1) is 0 Å². The summed E-state index contributed by atoms with van der Waals surface area (Å²) < 4.78 is 1.86. The Morgan fingerprint density at radius 3 is 3.06 bits per heavy atom. The van der Waals surface area contributed by atoms with Gasteiger partial charge in [0.2, 0.25) is 0 Å². The van der Waals surface area contributed by atoms with Crippen LogP contribution in [0.2, 0.25) is 0 Å². The van der Waals surface area contributed by atoms with E-state index in [4.69, 9.17) is 0 Å². The van der Waals surface area contributed by atoms with E-state index in [9.17, 15) is 0 Å². The summed E-state index contributed by atoms with van der Waals surface area (Å²) in [5.74, 6) is 1.58. The second-order valence-corrected chi connectivity index (χ2v) is 4.29. The molecule has 4 heteroatoms. The van der Waals surface area contributed by atoms with E-state index >= 15 is 0 Å². The fourth-order valence-electron chi connectivity index (χ4n) is 1.60. The van der Waals surface area contributed by atoms with Crippen LogP contribution in [-0.4, -0.2) is 21.1 Å². The van der Waals surface area contributed by atoms with E-state index in [0.29, 0.717) is 5.92 Å². The molecule has 0 amide bonds. The Bertz CT molecular complexity index is 475. The molecule has 0 bridgehead atoms. The molecule has 0 saturated heterocycles. The molecule has 1 atom stereocenters. The lowest BCUT2D eigenvalue weighted by molar-refractivity contribution is 0.592. The zero-order chi connectivity index (χ0) is 11.5. The average molecular weight is 218 g/mol. The Hall–Kier alpha value is -1.58. The van der Waals surface area contributed by atoms with Crippen LogP contribution in [0.25, 0.3) is 5.52 Å². The first kappa shape index (κ1) is 10.9.